The van der Waals surface area contributed by atoms with Gasteiger partial charge < -0.3 is 10.3 Å². The quantitative estimate of drug-likeness (QED) is 0.851. The fourth-order valence-electron chi connectivity index (χ4n) is 3.31. The Morgan fingerprint density at radius 2 is 2.00 bits per heavy atom. The Balaban J connectivity index is 2.18. The lowest BCUT2D eigenvalue weighted by atomic mass is 10.0. The highest BCUT2D eigenvalue weighted by atomic mass is 14.9. The first-order valence-corrected chi connectivity index (χ1v) is 8.46. The van der Waals surface area contributed by atoms with Gasteiger partial charge in [0.2, 0.25) is 0 Å². The Kier molecular flexibility index (Phi) is 3.87. The molecule has 0 radical (unpaired) electrons. The summed E-state index contributed by atoms with van der Waals surface area (Å²) < 4.78 is 0. The molecule has 0 saturated carbocycles. The van der Waals surface area contributed by atoms with Crippen LogP contribution in [0.1, 0.15) is 29.4 Å². The highest BCUT2D eigenvalue weighted by Crippen LogP contribution is 2.26. The zero-order valence-electron chi connectivity index (χ0n) is 14.2. The van der Waals surface area contributed by atoms with E-state index in [4.69, 9.17) is 0 Å². The molecule has 0 saturated heterocycles. The molecule has 1 aromatic heterocycles. The van der Waals surface area contributed by atoms with E-state index in [9.17, 15) is 0 Å². The largest absolute Gasteiger partial charge is 0.355 e. The molecule has 2 aliphatic rings. The zero-order chi connectivity index (χ0) is 17.2. The molecular weight excluding hydrogens is 304 g/mol. The molecule has 122 valence electrons. The van der Waals surface area contributed by atoms with Crippen molar-refractivity contribution in [3.05, 3.63) is 93.8 Å². The van der Waals surface area contributed by atoms with Crippen molar-refractivity contribution < 1.29 is 0 Å². The number of benzene rings is 1. The minimum atomic E-state index is 1.04. The second kappa shape index (κ2) is 6.33. The molecule has 0 amide bonds. The summed E-state index contributed by atoms with van der Waals surface area (Å²) in [6.45, 7) is 6.00. The molecule has 2 nitrogen and oxygen atoms in total. The van der Waals surface area contributed by atoms with Gasteiger partial charge in [-0.25, -0.2) is 0 Å². The van der Waals surface area contributed by atoms with Crippen LogP contribution in [0.15, 0.2) is 60.9 Å². The van der Waals surface area contributed by atoms with Gasteiger partial charge in [-0.1, -0.05) is 55.2 Å². The predicted molar refractivity (Wildman–Crippen MR) is 109 cm³/mol. The summed E-state index contributed by atoms with van der Waals surface area (Å²) >= 11 is 0. The SMILES string of the molecule is C=Cc1[nH]c2c(c1/C=C\C)\C=c1/c3ccc/c1=C/C=C\C=C\C(=C/2)N3. The first-order chi connectivity index (χ1) is 12.3. The van der Waals surface area contributed by atoms with E-state index < -0.39 is 0 Å². The van der Waals surface area contributed by atoms with E-state index in [0.29, 0.717) is 0 Å². The second-order valence-corrected chi connectivity index (χ2v) is 6.07. The van der Waals surface area contributed by atoms with Crippen molar-refractivity contribution >= 4 is 36.1 Å². The lowest BCUT2D eigenvalue weighted by Gasteiger charge is -2.13. The van der Waals surface area contributed by atoms with Gasteiger partial charge in [0.05, 0.1) is 0 Å². The van der Waals surface area contributed by atoms with Crippen molar-refractivity contribution in [2.24, 2.45) is 0 Å². The summed E-state index contributed by atoms with van der Waals surface area (Å²) in [5.74, 6) is 0. The molecule has 0 spiro atoms. The molecule has 2 aliphatic heterocycles. The van der Waals surface area contributed by atoms with Crippen molar-refractivity contribution in [1.29, 1.82) is 0 Å². The first kappa shape index (κ1) is 15.3. The molecule has 2 heteroatoms. The van der Waals surface area contributed by atoms with Crippen molar-refractivity contribution in [1.82, 2.24) is 4.98 Å². The van der Waals surface area contributed by atoms with Gasteiger partial charge in [-0.3, -0.25) is 0 Å². The van der Waals surface area contributed by atoms with Crippen LogP contribution in [-0.2, 0) is 0 Å². The maximum Gasteiger partial charge on any atom is 0.0485 e. The number of anilines is 1. The number of hydrogen-bond acceptors (Lipinski definition) is 1. The van der Waals surface area contributed by atoms with Crippen molar-refractivity contribution in [3.63, 3.8) is 0 Å². The molecule has 0 fully saturated rings. The molecule has 3 heterocycles. The Labute approximate surface area is 147 Å². The Morgan fingerprint density at radius 1 is 1.08 bits per heavy atom. The van der Waals surface area contributed by atoms with E-state index in [2.05, 4.69) is 89.8 Å². The predicted octanol–water partition coefficient (Wildman–Crippen LogP) is 4.19. The third kappa shape index (κ3) is 2.72. The van der Waals surface area contributed by atoms with Gasteiger partial charge in [-0.15, -0.1) is 0 Å². The molecule has 4 rings (SSSR count). The molecule has 0 atom stereocenters. The summed E-state index contributed by atoms with van der Waals surface area (Å²) in [7, 11) is 0. The lowest BCUT2D eigenvalue weighted by Crippen LogP contribution is -2.28. The molecular formula is C23H20N2. The number of aromatic amines is 1. The topological polar surface area (TPSA) is 27.8 Å². The van der Waals surface area contributed by atoms with E-state index in [-0.39, 0.29) is 0 Å². The van der Waals surface area contributed by atoms with Gasteiger partial charge in [-0.05, 0) is 42.5 Å². The van der Waals surface area contributed by atoms with Crippen molar-refractivity contribution in [2.45, 2.75) is 6.92 Å². The number of nitrogens with one attached hydrogen (secondary N) is 2. The number of rotatable bonds is 2. The van der Waals surface area contributed by atoms with Gasteiger partial charge in [0.15, 0.2) is 0 Å². The Bertz CT molecular complexity index is 1090. The zero-order valence-corrected chi connectivity index (χ0v) is 14.2. The molecule has 2 aromatic rings. The summed E-state index contributed by atoms with van der Waals surface area (Å²) in [6, 6.07) is 6.36. The molecule has 0 unspecified atom stereocenters. The van der Waals surface area contributed by atoms with Crippen LogP contribution in [0.4, 0.5) is 5.69 Å². The number of H-pyrrole nitrogens is 1. The summed E-state index contributed by atoms with van der Waals surface area (Å²) in [5.41, 5.74) is 6.63. The molecule has 4 bridgehead atoms. The van der Waals surface area contributed by atoms with Gasteiger partial charge in [0.1, 0.15) is 0 Å². The summed E-state index contributed by atoms with van der Waals surface area (Å²) in [5, 5.41) is 5.93. The second-order valence-electron chi connectivity index (χ2n) is 6.07. The van der Waals surface area contributed by atoms with E-state index in [1.807, 2.05) is 13.0 Å². The van der Waals surface area contributed by atoms with E-state index in [0.717, 1.165) is 22.8 Å². The van der Waals surface area contributed by atoms with Crippen LogP contribution >= 0.6 is 0 Å². The standard InChI is InChI=1S/C23H20N2/c1-3-9-18-20-15-19-16-10-6-5-7-12-17(24-22(19)13-8-11-16)14-23(20)25-21(18)4-2/h3-15,24-25H,2H2,1H3/b6-5-,7-5?,9-3-,10-6?,12-7+,16-10-,17-12?,17-14+,19-15-,20-15?,23-14?. The fraction of sp³-hybridized carbons (Fsp3) is 0.0435. The summed E-state index contributed by atoms with van der Waals surface area (Å²) in [4.78, 5) is 3.50. The minimum absolute atomic E-state index is 1.04. The van der Waals surface area contributed by atoms with E-state index in [1.54, 1.807) is 0 Å². The highest BCUT2D eigenvalue weighted by Gasteiger charge is 2.14. The monoisotopic (exact) mass is 324 g/mol. The third-order valence-electron chi connectivity index (χ3n) is 4.46. The van der Waals surface area contributed by atoms with Gasteiger partial charge in [0.25, 0.3) is 0 Å². The normalized spacial score (nSPS) is 22.0. The van der Waals surface area contributed by atoms with Crippen molar-refractivity contribution in [3.8, 4) is 0 Å². The van der Waals surface area contributed by atoms with E-state index >= 15 is 0 Å². The van der Waals surface area contributed by atoms with Crippen LogP contribution in [0.3, 0.4) is 0 Å². The minimum Gasteiger partial charge on any atom is -0.355 e. The average Bonchev–Trinajstić information content (AvgIpc) is 2.90. The molecule has 25 heavy (non-hydrogen) atoms. The van der Waals surface area contributed by atoms with Crippen LogP contribution in [-0.4, -0.2) is 4.98 Å². The highest BCUT2D eigenvalue weighted by molar-refractivity contribution is 5.82. The number of fused-ring (bicyclic) bond motifs is 2. The summed E-state index contributed by atoms with van der Waals surface area (Å²) in [6.07, 6.45) is 20.9. The third-order valence-corrected chi connectivity index (χ3v) is 4.46. The van der Waals surface area contributed by atoms with Crippen LogP contribution in [0.25, 0.3) is 30.4 Å². The average molecular weight is 324 g/mol. The number of allylic oxidation sites excluding steroid dienone is 5. The lowest BCUT2D eigenvalue weighted by molar-refractivity contribution is 1.32. The maximum atomic E-state index is 3.96. The van der Waals surface area contributed by atoms with Gasteiger partial charge in [0, 0.05) is 39.1 Å². The van der Waals surface area contributed by atoms with Crippen LogP contribution < -0.4 is 15.8 Å². The molecule has 1 aromatic carbocycles. The van der Waals surface area contributed by atoms with Gasteiger partial charge >= 0.3 is 0 Å². The van der Waals surface area contributed by atoms with Crippen LogP contribution in [0.2, 0.25) is 0 Å². The van der Waals surface area contributed by atoms with E-state index in [1.165, 1.54) is 21.6 Å². The molecule has 2 N–H and O–H groups in total. The molecule has 0 aliphatic carbocycles. The van der Waals surface area contributed by atoms with Crippen LogP contribution in [0, 0.1) is 0 Å². The fourth-order valence-corrected chi connectivity index (χ4v) is 3.31. The van der Waals surface area contributed by atoms with Crippen molar-refractivity contribution in [2.75, 3.05) is 5.32 Å². The number of hydrogen-bond donors (Lipinski definition) is 2. The maximum absolute atomic E-state index is 3.96. The Hall–Kier alpha value is -3.26. The Morgan fingerprint density at radius 3 is 2.84 bits per heavy atom. The smallest absolute Gasteiger partial charge is 0.0485 e. The first-order valence-electron chi connectivity index (χ1n) is 8.46. The van der Waals surface area contributed by atoms with Gasteiger partial charge in [-0.2, -0.15) is 0 Å². The van der Waals surface area contributed by atoms with Crippen LogP contribution in [0.5, 0.6) is 0 Å². The number of aromatic nitrogens is 1.